The van der Waals surface area contributed by atoms with Gasteiger partial charge < -0.3 is 15.0 Å². The molecular weight excluding hydrogens is 204 g/mol. The van der Waals surface area contributed by atoms with E-state index in [0.717, 1.165) is 32.4 Å². The van der Waals surface area contributed by atoms with E-state index in [1.165, 1.54) is 0 Å². The largest absolute Gasteiger partial charge is 0.379 e. The van der Waals surface area contributed by atoms with Gasteiger partial charge in [-0.15, -0.1) is 0 Å². The molecule has 0 saturated carbocycles. The van der Waals surface area contributed by atoms with Crippen LogP contribution in [0.3, 0.4) is 0 Å². The lowest BCUT2D eigenvalue weighted by Gasteiger charge is -2.32. The van der Waals surface area contributed by atoms with E-state index in [2.05, 4.69) is 12.2 Å². The van der Waals surface area contributed by atoms with Gasteiger partial charge in [-0.2, -0.15) is 0 Å². The minimum atomic E-state index is 0.210. The predicted molar refractivity (Wildman–Crippen MR) is 62.2 cm³/mol. The first-order valence-corrected chi connectivity index (χ1v) is 6.26. The Hall–Kier alpha value is -0.610. The lowest BCUT2D eigenvalue weighted by Crippen LogP contribution is -2.46. The summed E-state index contributed by atoms with van der Waals surface area (Å²) in [6.07, 6.45) is 2.93. The number of nitrogens with zero attached hydrogens (tertiary/aromatic N) is 1. The molecule has 2 saturated heterocycles. The highest BCUT2D eigenvalue weighted by atomic mass is 16.5. The van der Waals surface area contributed by atoms with Gasteiger partial charge in [0.1, 0.15) is 0 Å². The highest BCUT2D eigenvalue weighted by molar-refractivity contribution is 5.79. The molecule has 4 heteroatoms. The van der Waals surface area contributed by atoms with Crippen LogP contribution in [0.15, 0.2) is 0 Å². The van der Waals surface area contributed by atoms with Crippen LogP contribution in [0.5, 0.6) is 0 Å². The third-order valence-electron chi connectivity index (χ3n) is 3.77. The third-order valence-corrected chi connectivity index (χ3v) is 3.77. The lowest BCUT2D eigenvalue weighted by atomic mass is 9.91. The lowest BCUT2D eigenvalue weighted by molar-refractivity contribution is -0.137. The van der Waals surface area contributed by atoms with E-state index < -0.39 is 0 Å². The molecule has 2 heterocycles. The maximum Gasteiger partial charge on any atom is 0.225 e. The molecule has 0 aromatic heterocycles. The normalized spacial score (nSPS) is 35.0. The zero-order valence-electron chi connectivity index (χ0n) is 10.2. The van der Waals surface area contributed by atoms with Crippen molar-refractivity contribution in [2.75, 3.05) is 26.8 Å². The number of carbonyl (C=O) groups excluding carboxylic acids is 1. The maximum absolute atomic E-state index is 12.3. The number of amides is 1. The van der Waals surface area contributed by atoms with Gasteiger partial charge in [0, 0.05) is 25.6 Å². The highest BCUT2D eigenvalue weighted by Gasteiger charge is 2.31. The molecule has 0 bridgehead atoms. The molecule has 0 aromatic rings. The van der Waals surface area contributed by atoms with Crippen LogP contribution >= 0.6 is 0 Å². The van der Waals surface area contributed by atoms with Gasteiger partial charge in [0.05, 0.1) is 12.6 Å². The molecule has 0 spiro atoms. The number of hydrogen-bond acceptors (Lipinski definition) is 3. The van der Waals surface area contributed by atoms with Crippen molar-refractivity contribution in [1.29, 1.82) is 0 Å². The zero-order chi connectivity index (χ0) is 11.5. The van der Waals surface area contributed by atoms with Crippen molar-refractivity contribution in [1.82, 2.24) is 10.2 Å². The fraction of sp³-hybridized carbons (Fsp3) is 0.917. The molecule has 2 fully saturated rings. The summed E-state index contributed by atoms with van der Waals surface area (Å²) in [6.45, 7) is 4.62. The average Bonchev–Trinajstić information content (AvgIpc) is 2.80. The van der Waals surface area contributed by atoms with Gasteiger partial charge in [-0.05, 0) is 32.7 Å². The Labute approximate surface area is 97.3 Å². The molecule has 0 radical (unpaired) electrons. The second-order valence-corrected chi connectivity index (χ2v) is 5.04. The fourth-order valence-electron chi connectivity index (χ4n) is 2.65. The summed E-state index contributed by atoms with van der Waals surface area (Å²) in [7, 11) is 1.92. The number of nitrogens with one attached hydrogen (secondary N) is 1. The summed E-state index contributed by atoms with van der Waals surface area (Å²) in [5.74, 6) is 0.519. The fourth-order valence-corrected chi connectivity index (χ4v) is 2.65. The monoisotopic (exact) mass is 226 g/mol. The van der Waals surface area contributed by atoms with Crippen LogP contribution in [0.1, 0.15) is 26.2 Å². The summed E-state index contributed by atoms with van der Waals surface area (Å²) < 4.78 is 5.33. The SMILES string of the molecule is CC1CC(C(=O)N(C)C2CCOC2)CCN1. The Kier molecular flexibility index (Phi) is 3.82. The Morgan fingerprint density at radius 1 is 1.44 bits per heavy atom. The minimum absolute atomic E-state index is 0.210. The van der Waals surface area contributed by atoms with Gasteiger partial charge in [0.2, 0.25) is 5.91 Å². The van der Waals surface area contributed by atoms with Crippen molar-refractivity contribution in [2.45, 2.75) is 38.3 Å². The quantitative estimate of drug-likeness (QED) is 0.750. The van der Waals surface area contributed by atoms with Crippen LogP contribution in [0.2, 0.25) is 0 Å². The van der Waals surface area contributed by atoms with Crippen molar-refractivity contribution < 1.29 is 9.53 Å². The van der Waals surface area contributed by atoms with E-state index in [1.54, 1.807) is 0 Å². The smallest absolute Gasteiger partial charge is 0.225 e. The molecule has 1 N–H and O–H groups in total. The Balaban J connectivity index is 1.89. The third kappa shape index (κ3) is 2.55. The average molecular weight is 226 g/mol. The van der Waals surface area contributed by atoms with Crippen molar-refractivity contribution in [3.63, 3.8) is 0 Å². The molecule has 1 amide bonds. The maximum atomic E-state index is 12.3. The Morgan fingerprint density at radius 2 is 2.25 bits per heavy atom. The molecule has 16 heavy (non-hydrogen) atoms. The van der Waals surface area contributed by atoms with Crippen molar-refractivity contribution in [3.05, 3.63) is 0 Å². The van der Waals surface area contributed by atoms with Crippen LogP contribution in [0.4, 0.5) is 0 Å². The molecule has 2 aliphatic rings. The summed E-state index contributed by atoms with van der Waals surface area (Å²) in [5.41, 5.74) is 0. The van der Waals surface area contributed by atoms with Gasteiger partial charge in [-0.1, -0.05) is 0 Å². The molecule has 3 atom stereocenters. The van der Waals surface area contributed by atoms with Crippen molar-refractivity contribution in [3.8, 4) is 0 Å². The first-order chi connectivity index (χ1) is 7.68. The van der Waals surface area contributed by atoms with Crippen molar-refractivity contribution in [2.24, 2.45) is 5.92 Å². The van der Waals surface area contributed by atoms with Crippen molar-refractivity contribution >= 4 is 5.91 Å². The van der Waals surface area contributed by atoms with Crippen LogP contribution in [-0.4, -0.2) is 49.7 Å². The van der Waals surface area contributed by atoms with Gasteiger partial charge in [0.25, 0.3) is 0 Å². The number of hydrogen-bond donors (Lipinski definition) is 1. The zero-order valence-corrected chi connectivity index (χ0v) is 10.2. The molecule has 3 unspecified atom stereocenters. The van der Waals surface area contributed by atoms with Gasteiger partial charge in [-0.25, -0.2) is 0 Å². The van der Waals surface area contributed by atoms with E-state index in [1.807, 2.05) is 11.9 Å². The van der Waals surface area contributed by atoms with E-state index in [0.29, 0.717) is 24.6 Å². The molecule has 2 aliphatic heterocycles. The second-order valence-electron chi connectivity index (χ2n) is 5.04. The van der Waals surface area contributed by atoms with Crippen LogP contribution in [0, 0.1) is 5.92 Å². The molecular formula is C12H22N2O2. The van der Waals surface area contributed by atoms with E-state index >= 15 is 0 Å². The predicted octanol–water partition coefficient (Wildman–Crippen LogP) is 0.622. The van der Waals surface area contributed by atoms with Crippen LogP contribution < -0.4 is 5.32 Å². The first-order valence-electron chi connectivity index (χ1n) is 6.26. The highest BCUT2D eigenvalue weighted by Crippen LogP contribution is 2.21. The number of rotatable bonds is 2. The van der Waals surface area contributed by atoms with Gasteiger partial charge >= 0.3 is 0 Å². The summed E-state index contributed by atoms with van der Waals surface area (Å²) >= 11 is 0. The molecule has 0 aromatic carbocycles. The van der Waals surface area contributed by atoms with E-state index in [4.69, 9.17) is 4.74 Å². The molecule has 92 valence electrons. The Morgan fingerprint density at radius 3 is 2.88 bits per heavy atom. The van der Waals surface area contributed by atoms with Gasteiger partial charge in [0.15, 0.2) is 0 Å². The van der Waals surface area contributed by atoms with Gasteiger partial charge in [-0.3, -0.25) is 4.79 Å². The van der Waals surface area contributed by atoms with E-state index in [-0.39, 0.29) is 5.92 Å². The standard InChI is InChI=1S/C12H22N2O2/c1-9-7-10(3-5-13-9)12(15)14(2)11-4-6-16-8-11/h9-11,13H,3-8H2,1-2H3. The molecule has 4 nitrogen and oxygen atoms in total. The summed E-state index contributed by atoms with van der Waals surface area (Å²) in [6, 6.07) is 0.772. The number of carbonyl (C=O) groups is 1. The number of likely N-dealkylation sites (N-methyl/N-ethyl adjacent to an activating group) is 1. The van der Waals surface area contributed by atoms with E-state index in [9.17, 15) is 4.79 Å². The topological polar surface area (TPSA) is 41.6 Å². The first kappa shape index (κ1) is 11.9. The Bertz CT molecular complexity index is 247. The summed E-state index contributed by atoms with van der Waals surface area (Å²) in [4.78, 5) is 14.2. The van der Waals surface area contributed by atoms with Crippen LogP contribution in [-0.2, 0) is 9.53 Å². The summed E-state index contributed by atoms with van der Waals surface area (Å²) in [5, 5.41) is 3.38. The van der Waals surface area contributed by atoms with Crippen LogP contribution in [0.25, 0.3) is 0 Å². The molecule has 2 rings (SSSR count). The second kappa shape index (κ2) is 5.15. The number of ether oxygens (including phenoxy) is 1. The minimum Gasteiger partial charge on any atom is -0.379 e. The number of piperidine rings is 1. The molecule has 0 aliphatic carbocycles.